The molecule has 2 aromatic carbocycles. The molecule has 0 aromatic heterocycles. The Hall–Kier alpha value is -3.06. The van der Waals surface area contributed by atoms with Crippen molar-refractivity contribution in [3.63, 3.8) is 0 Å². The van der Waals surface area contributed by atoms with Crippen molar-refractivity contribution in [2.75, 3.05) is 6.61 Å². The lowest BCUT2D eigenvalue weighted by molar-refractivity contribution is -0.131. The third-order valence-electron chi connectivity index (χ3n) is 3.45. The van der Waals surface area contributed by atoms with E-state index in [9.17, 15) is 14.4 Å². The number of rotatable bonds is 8. The van der Waals surface area contributed by atoms with Crippen molar-refractivity contribution in [2.24, 2.45) is 0 Å². The number of nitrogens with one attached hydrogen (secondary N) is 3. The Morgan fingerprint density at radius 3 is 2.19 bits per heavy atom. The molecule has 0 aliphatic heterocycles. The van der Waals surface area contributed by atoms with Gasteiger partial charge in [-0.05, 0) is 17.7 Å². The second-order valence-corrected chi connectivity index (χ2v) is 5.98. The first kappa shape index (κ1) is 20.3. The Labute approximate surface area is 162 Å². The first-order valence-corrected chi connectivity index (χ1v) is 8.68. The molecule has 2 aromatic rings. The summed E-state index contributed by atoms with van der Waals surface area (Å²) >= 11 is 5.91. The van der Waals surface area contributed by atoms with E-state index < -0.39 is 11.8 Å². The minimum atomic E-state index is -0.545. The van der Waals surface area contributed by atoms with Crippen LogP contribution in [-0.4, -0.2) is 24.3 Å². The quantitative estimate of drug-likeness (QED) is 0.601. The normalized spacial score (nSPS) is 9.96. The Morgan fingerprint density at radius 1 is 0.815 bits per heavy atom. The summed E-state index contributed by atoms with van der Waals surface area (Å²) < 4.78 is 5.24. The number of para-hydroxylation sites is 1. The average molecular weight is 390 g/mol. The molecule has 142 valence electrons. The Bertz CT molecular complexity index is 784. The maximum Gasteiger partial charge on any atom is 0.276 e. The van der Waals surface area contributed by atoms with E-state index in [2.05, 4.69) is 16.2 Å². The van der Waals surface area contributed by atoms with Crippen LogP contribution in [0.15, 0.2) is 54.6 Å². The highest BCUT2D eigenvalue weighted by Crippen LogP contribution is 2.22. The Morgan fingerprint density at radius 2 is 1.44 bits per heavy atom. The number of carbonyl (C=O) groups is 3. The van der Waals surface area contributed by atoms with Gasteiger partial charge in [0.1, 0.15) is 5.75 Å². The zero-order valence-corrected chi connectivity index (χ0v) is 15.3. The van der Waals surface area contributed by atoms with Crippen molar-refractivity contribution in [2.45, 2.75) is 19.4 Å². The largest absolute Gasteiger partial charge is 0.482 e. The van der Waals surface area contributed by atoms with Gasteiger partial charge in [0.05, 0.1) is 5.02 Å². The maximum absolute atomic E-state index is 11.7. The van der Waals surface area contributed by atoms with Crippen molar-refractivity contribution < 1.29 is 19.1 Å². The molecule has 0 atom stereocenters. The molecule has 0 aliphatic rings. The van der Waals surface area contributed by atoms with Crippen LogP contribution in [0.3, 0.4) is 0 Å². The summed E-state index contributed by atoms with van der Waals surface area (Å²) in [5.74, 6) is -0.897. The van der Waals surface area contributed by atoms with Crippen LogP contribution in [0.1, 0.15) is 18.4 Å². The van der Waals surface area contributed by atoms with Crippen molar-refractivity contribution >= 4 is 29.3 Å². The van der Waals surface area contributed by atoms with Gasteiger partial charge in [-0.3, -0.25) is 25.2 Å². The summed E-state index contributed by atoms with van der Waals surface area (Å²) in [6, 6.07) is 16.2. The molecule has 3 N–H and O–H groups in total. The molecule has 3 amide bonds. The minimum Gasteiger partial charge on any atom is -0.482 e. The van der Waals surface area contributed by atoms with Crippen LogP contribution in [0.5, 0.6) is 5.75 Å². The molecule has 0 saturated heterocycles. The van der Waals surface area contributed by atoms with Crippen molar-refractivity contribution in [3.05, 3.63) is 65.2 Å². The molecule has 0 fully saturated rings. The smallest absolute Gasteiger partial charge is 0.276 e. The highest BCUT2D eigenvalue weighted by molar-refractivity contribution is 6.32. The van der Waals surface area contributed by atoms with Crippen LogP contribution in [0, 0.1) is 0 Å². The lowest BCUT2D eigenvalue weighted by Crippen LogP contribution is -2.44. The molecule has 0 aliphatic carbocycles. The van der Waals surface area contributed by atoms with Crippen molar-refractivity contribution in [3.8, 4) is 5.75 Å². The van der Waals surface area contributed by atoms with Crippen LogP contribution in [0.2, 0.25) is 5.02 Å². The van der Waals surface area contributed by atoms with E-state index in [0.717, 1.165) is 5.56 Å². The first-order valence-electron chi connectivity index (χ1n) is 8.30. The van der Waals surface area contributed by atoms with Gasteiger partial charge in [0.15, 0.2) is 6.61 Å². The topological polar surface area (TPSA) is 96.5 Å². The number of hydrogen-bond donors (Lipinski definition) is 3. The third-order valence-corrected chi connectivity index (χ3v) is 3.76. The summed E-state index contributed by atoms with van der Waals surface area (Å²) in [6.07, 6.45) is -0.0308. The second-order valence-electron chi connectivity index (χ2n) is 5.58. The van der Waals surface area contributed by atoms with Gasteiger partial charge in [-0.1, -0.05) is 54.1 Å². The van der Waals surface area contributed by atoms with E-state index in [0.29, 0.717) is 17.3 Å². The van der Waals surface area contributed by atoms with Crippen LogP contribution in [0.4, 0.5) is 0 Å². The van der Waals surface area contributed by atoms with Gasteiger partial charge < -0.3 is 10.1 Å². The molecule has 0 unspecified atom stereocenters. The number of hydrogen-bond acceptors (Lipinski definition) is 4. The van der Waals surface area contributed by atoms with Gasteiger partial charge in [-0.2, -0.15) is 0 Å². The lowest BCUT2D eigenvalue weighted by Gasteiger charge is -2.10. The standard InChI is InChI=1S/C19H20ClN3O4/c20-15-8-4-5-9-16(15)27-13-19(26)23-22-18(25)11-10-17(24)21-12-14-6-2-1-3-7-14/h1-9H,10-13H2,(H,21,24)(H,22,25)(H,23,26). The lowest BCUT2D eigenvalue weighted by atomic mass is 10.2. The highest BCUT2D eigenvalue weighted by atomic mass is 35.5. The molecule has 2 rings (SSSR count). The number of carbonyl (C=O) groups excluding carboxylic acids is 3. The van der Waals surface area contributed by atoms with E-state index in [-0.39, 0.29) is 25.4 Å². The molecule has 0 spiro atoms. The highest BCUT2D eigenvalue weighted by Gasteiger charge is 2.09. The summed E-state index contributed by atoms with van der Waals surface area (Å²) in [7, 11) is 0. The molecule has 0 heterocycles. The van der Waals surface area contributed by atoms with Crippen LogP contribution < -0.4 is 20.9 Å². The number of amides is 3. The fourth-order valence-corrected chi connectivity index (χ4v) is 2.25. The summed E-state index contributed by atoms with van der Waals surface area (Å²) in [6.45, 7) is 0.0962. The fraction of sp³-hybridized carbons (Fsp3) is 0.211. The molecular formula is C19H20ClN3O4. The SMILES string of the molecule is O=C(CCC(=O)NNC(=O)COc1ccccc1Cl)NCc1ccccc1. The fourth-order valence-electron chi connectivity index (χ4n) is 2.06. The molecule has 0 bridgehead atoms. The zero-order valence-electron chi connectivity index (χ0n) is 14.5. The molecule has 7 nitrogen and oxygen atoms in total. The van der Waals surface area contributed by atoms with Crippen LogP contribution in [0.25, 0.3) is 0 Å². The monoisotopic (exact) mass is 389 g/mol. The van der Waals surface area contributed by atoms with Gasteiger partial charge in [0.2, 0.25) is 11.8 Å². The predicted octanol–water partition coefficient (Wildman–Crippen LogP) is 1.96. The Balaban J connectivity index is 1.59. The molecule has 8 heteroatoms. The number of hydrazine groups is 1. The maximum atomic E-state index is 11.7. The van der Waals surface area contributed by atoms with E-state index in [1.54, 1.807) is 24.3 Å². The van der Waals surface area contributed by atoms with Crippen LogP contribution in [-0.2, 0) is 20.9 Å². The average Bonchev–Trinajstić information content (AvgIpc) is 2.69. The van der Waals surface area contributed by atoms with Crippen molar-refractivity contribution in [1.29, 1.82) is 0 Å². The summed E-state index contributed by atoms with van der Waals surface area (Å²) in [4.78, 5) is 35.1. The van der Waals surface area contributed by atoms with Gasteiger partial charge in [-0.15, -0.1) is 0 Å². The van der Waals surface area contributed by atoms with Gasteiger partial charge in [0, 0.05) is 19.4 Å². The second kappa shape index (κ2) is 10.8. The molecule has 0 radical (unpaired) electrons. The van der Waals surface area contributed by atoms with E-state index in [4.69, 9.17) is 16.3 Å². The third kappa shape index (κ3) is 7.79. The number of benzene rings is 2. The van der Waals surface area contributed by atoms with E-state index >= 15 is 0 Å². The molecule has 0 saturated carbocycles. The minimum absolute atomic E-state index is 0.0185. The first-order chi connectivity index (χ1) is 13.0. The van der Waals surface area contributed by atoms with Gasteiger partial charge >= 0.3 is 0 Å². The molecular weight excluding hydrogens is 370 g/mol. The predicted molar refractivity (Wildman–Crippen MR) is 101 cm³/mol. The summed E-state index contributed by atoms with van der Waals surface area (Å²) in [5.41, 5.74) is 5.42. The molecule has 27 heavy (non-hydrogen) atoms. The van der Waals surface area contributed by atoms with E-state index in [1.165, 1.54) is 0 Å². The number of ether oxygens (including phenoxy) is 1. The van der Waals surface area contributed by atoms with Crippen molar-refractivity contribution in [1.82, 2.24) is 16.2 Å². The van der Waals surface area contributed by atoms with Gasteiger partial charge in [-0.25, -0.2) is 0 Å². The zero-order chi connectivity index (χ0) is 19.5. The van der Waals surface area contributed by atoms with Crippen LogP contribution >= 0.6 is 11.6 Å². The summed E-state index contributed by atoms with van der Waals surface area (Å²) in [5, 5.41) is 3.11. The Kier molecular flexibility index (Phi) is 8.12. The number of halogens is 1. The van der Waals surface area contributed by atoms with E-state index in [1.807, 2.05) is 30.3 Å². The van der Waals surface area contributed by atoms with Gasteiger partial charge in [0.25, 0.3) is 5.91 Å².